The summed E-state index contributed by atoms with van der Waals surface area (Å²) in [6.45, 7) is 6.84. The van der Waals surface area contributed by atoms with Crippen LogP contribution in [0.25, 0.3) is 10.2 Å². The summed E-state index contributed by atoms with van der Waals surface area (Å²) >= 11 is 1.57. The van der Waals surface area contributed by atoms with Crippen LogP contribution >= 0.6 is 11.3 Å². The van der Waals surface area contributed by atoms with E-state index in [0.29, 0.717) is 18.9 Å². The molecule has 0 aliphatic rings. The van der Waals surface area contributed by atoms with Gasteiger partial charge in [-0.2, -0.15) is 0 Å². The average molecular weight is 416 g/mol. The number of hydrogen-bond acceptors (Lipinski definition) is 4. The van der Waals surface area contributed by atoms with Crippen molar-refractivity contribution in [1.82, 2.24) is 9.97 Å². The van der Waals surface area contributed by atoms with Crippen molar-refractivity contribution in [3.05, 3.63) is 89.2 Å². The molecular weight excluding hydrogens is 390 g/mol. The molecule has 0 aliphatic heterocycles. The van der Waals surface area contributed by atoms with Gasteiger partial charge in [-0.05, 0) is 41.7 Å². The number of hydrogen-bond donors (Lipinski definition) is 0. The Morgan fingerprint density at radius 3 is 2.53 bits per heavy atom. The van der Waals surface area contributed by atoms with Gasteiger partial charge in [-0.3, -0.25) is 14.7 Å². The summed E-state index contributed by atoms with van der Waals surface area (Å²) in [6.07, 6.45) is 3.89. The number of aromatic nitrogens is 2. The molecule has 4 aromatic rings. The van der Waals surface area contributed by atoms with E-state index in [2.05, 4.69) is 37.0 Å². The smallest absolute Gasteiger partial charge is 0.233 e. The Morgan fingerprint density at radius 1 is 1.03 bits per heavy atom. The monoisotopic (exact) mass is 415 g/mol. The van der Waals surface area contributed by atoms with Gasteiger partial charge in [0.05, 0.1) is 23.2 Å². The molecule has 0 bridgehead atoms. The van der Waals surface area contributed by atoms with E-state index in [1.165, 1.54) is 11.1 Å². The van der Waals surface area contributed by atoms with E-state index in [1.54, 1.807) is 28.6 Å². The first-order valence-electron chi connectivity index (χ1n) is 10.2. The number of thiazole rings is 1. The van der Waals surface area contributed by atoms with Crippen LogP contribution in [-0.4, -0.2) is 15.9 Å². The van der Waals surface area contributed by atoms with Crippen LogP contribution in [-0.2, 0) is 17.8 Å². The predicted molar refractivity (Wildman–Crippen MR) is 124 cm³/mol. The van der Waals surface area contributed by atoms with Crippen LogP contribution in [0.2, 0.25) is 0 Å². The van der Waals surface area contributed by atoms with Crippen molar-refractivity contribution in [1.29, 1.82) is 0 Å². The molecule has 2 aromatic carbocycles. The summed E-state index contributed by atoms with van der Waals surface area (Å²) < 4.78 is 1.11. The number of para-hydroxylation sites is 1. The largest absolute Gasteiger partial charge is 0.283 e. The van der Waals surface area contributed by atoms with Gasteiger partial charge >= 0.3 is 0 Å². The predicted octanol–water partition coefficient (Wildman–Crippen LogP) is 5.90. The molecular formula is C25H25N3OS. The summed E-state index contributed by atoms with van der Waals surface area (Å²) in [7, 11) is 0. The van der Waals surface area contributed by atoms with Gasteiger partial charge in [0.1, 0.15) is 0 Å². The van der Waals surface area contributed by atoms with Crippen molar-refractivity contribution in [2.24, 2.45) is 0 Å². The second-order valence-electron chi connectivity index (χ2n) is 7.85. The first-order chi connectivity index (χ1) is 14.5. The molecule has 0 unspecified atom stereocenters. The molecule has 0 radical (unpaired) electrons. The highest BCUT2D eigenvalue weighted by Gasteiger charge is 2.22. The number of nitrogens with zero attached hydrogens (tertiary/aromatic N) is 3. The third-order valence-electron chi connectivity index (χ3n) is 5.13. The van der Waals surface area contributed by atoms with Crippen molar-refractivity contribution in [2.75, 3.05) is 4.90 Å². The van der Waals surface area contributed by atoms with Gasteiger partial charge in [-0.1, -0.05) is 73.2 Å². The molecule has 5 heteroatoms. The fourth-order valence-electron chi connectivity index (χ4n) is 3.45. The van der Waals surface area contributed by atoms with E-state index in [9.17, 15) is 4.79 Å². The Balaban J connectivity index is 1.71. The number of carbonyl (C=O) groups is 1. The maximum atomic E-state index is 13.4. The third kappa shape index (κ3) is 4.41. The minimum atomic E-state index is 0.0351. The molecule has 152 valence electrons. The van der Waals surface area contributed by atoms with Gasteiger partial charge in [0, 0.05) is 12.4 Å². The van der Waals surface area contributed by atoms with Crippen LogP contribution in [0.3, 0.4) is 0 Å². The number of amides is 1. The van der Waals surface area contributed by atoms with Gasteiger partial charge in [-0.25, -0.2) is 4.98 Å². The van der Waals surface area contributed by atoms with Crippen molar-refractivity contribution < 1.29 is 4.79 Å². The van der Waals surface area contributed by atoms with Crippen LogP contribution in [0.15, 0.2) is 67.0 Å². The third-order valence-corrected chi connectivity index (χ3v) is 6.18. The standard InChI is InChI=1S/C25H25N3OS/c1-17(2)21-7-4-8-22-24(21)27-25(30-22)28(16-20-6-5-13-26-15-20)23(29)14-19-11-9-18(3)10-12-19/h4-13,15,17H,14,16H2,1-3H3. The molecule has 0 atom stereocenters. The Morgan fingerprint density at radius 2 is 1.83 bits per heavy atom. The van der Waals surface area contributed by atoms with Gasteiger partial charge in [0.25, 0.3) is 0 Å². The number of carbonyl (C=O) groups excluding carboxylic acids is 1. The molecule has 2 aromatic heterocycles. The maximum absolute atomic E-state index is 13.4. The maximum Gasteiger partial charge on any atom is 0.233 e. The Labute approximate surface area is 181 Å². The average Bonchev–Trinajstić information content (AvgIpc) is 3.18. The van der Waals surface area contributed by atoms with E-state index in [0.717, 1.165) is 26.5 Å². The van der Waals surface area contributed by atoms with Gasteiger partial charge in [-0.15, -0.1) is 0 Å². The fourth-order valence-corrected chi connectivity index (χ4v) is 4.47. The zero-order valence-electron chi connectivity index (χ0n) is 17.5. The molecule has 0 spiro atoms. The molecule has 0 N–H and O–H groups in total. The second-order valence-corrected chi connectivity index (χ2v) is 8.86. The molecule has 4 nitrogen and oxygen atoms in total. The lowest BCUT2D eigenvalue weighted by atomic mass is 10.0. The summed E-state index contributed by atoms with van der Waals surface area (Å²) in [5.41, 5.74) is 5.38. The molecule has 1 amide bonds. The first kappa shape index (κ1) is 20.2. The number of fused-ring (bicyclic) bond motifs is 1. The highest BCUT2D eigenvalue weighted by Crippen LogP contribution is 2.34. The van der Waals surface area contributed by atoms with Crippen molar-refractivity contribution in [3.63, 3.8) is 0 Å². The highest BCUT2D eigenvalue weighted by molar-refractivity contribution is 7.22. The molecule has 0 fully saturated rings. The van der Waals surface area contributed by atoms with Crippen LogP contribution in [0, 0.1) is 6.92 Å². The van der Waals surface area contributed by atoms with E-state index >= 15 is 0 Å². The SMILES string of the molecule is Cc1ccc(CC(=O)N(Cc2cccnc2)c2nc3c(C(C)C)cccc3s2)cc1. The lowest BCUT2D eigenvalue weighted by molar-refractivity contribution is -0.118. The van der Waals surface area contributed by atoms with Gasteiger partial charge in [0.15, 0.2) is 5.13 Å². The van der Waals surface area contributed by atoms with Crippen LogP contribution < -0.4 is 4.90 Å². The Hall–Kier alpha value is -3.05. The van der Waals surface area contributed by atoms with Gasteiger partial charge < -0.3 is 0 Å². The molecule has 2 heterocycles. The molecule has 0 aliphatic carbocycles. The van der Waals surface area contributed by atoms with Crippen LogP contribution in [0.5, 0.6) is 0 Å². The number of rotatable bonds is 6. The van der Waals surface area contributed by atoms with E-state index in [4.69, 9.17) is 4.98 Å². The van der Waals surface area contributed by atoms with Crippen LogP contribution in [0.4, 0.5) is 5.13 Å². The lowest BCUT2D eigenvalue weighted by Crippen LogP contribution is -2.31. The quantitative estimate of drug-likeness (QED) is 0.394. The second kappa shape index (κ2) is 8.76. The minimum Gasteiger partial charge on any atom is -0.283 e. The molecule has 30 heavy (non-hydrogen) atoms. The van der Waals surface area contributed by atoms with E-state index in [-0.39, 0.29) is 5.91 Å². The minimum absolute atomic E-state index is 0.0351. The van der Waals surface area contributed by atoms with E-state index in [1.807, 2.05) is 43.3 Å². The molecule has 0 saturated carbocycles. The summed E-state index contributed by atoms with van der Waals surface area (Å²) in [4.78, 5) is 24.3. The summed E-state index contributed by atoms with van der Waals surface area (Å²) in [6, 6.07) is 18.3. The summed E-state index contributed by atoms with van der Waals surface area (Å²) in [5.74, 6) is 0.409. The zero-order valence-corrected chi connectivity index (χ0v) is 18.3. The van der Waals surface area contributed by atoms with E-state index < -0.39 is 0 Å². The topological polar surface area (TPSA) is 46.1 Å². The van der Waals surface area contributed by atoms with Gasteiger partial charge in [0.2, 0.25) is 5.91 Å². The molecule has 4 rings (SSSR count). The number of aryl methyl sites for hydroxylation is 1. The zero-order chi connectivity index (χ0) is 21.1. The van der Waals surface area contributed by atoms with Crippen molar-refractivity contribution >= 4 is 32.6 Å². The Bertz CT molecular complexity index is 1150. The normalized spacial score (nSPS) is 11.2. The summed E-state index contributed by atoms with van der Waals surface area (Å²) in [5, 5.41) is 0.735. The fraction of sp³-hybridized carbons (Fsp3) is 0.240. The lowest BCUT2D eigenvalue weighted by Gasteiger charge is -2.20. The first-order valence-corrected chi connectivity index (χ1v) is 11.0. The number of benzene rings is 2. The number of pyridine rings is 1. The van der Waals surface area contributed by atoms with Crippen LogP contribution in [0.1, 0.15) is 42.0 Å². The highest BCUT2D eigenvalue weighted by atomic mass is 32.1. The molecule has 0 saturated heterocycles. The van der Waals surface area contributed by atoms with Crippen molar-refractivity contribution in [2.45, 2.75) is 39.7 Å². The number of anilines is 1. The Kier molecular flexibility index (Phi) is 5.91. The van der Waals surface area contributed by atoms with Crippen molar-refractivity contribution in [3.8, 4) is 0 Å².